The summed E-state index contributed by atoms with van der Waals surface area (Å²) < 4.78 is 5.52. The van der Waals surface area contributed by atoms with Crippen LogP contribution in [0.25, 0.3) is 11.1 Å². The van der Waals surface area contributed by atoms with Gasteiger partial charge in [0, 0.05) is 17.0 Å². The Morgan fingerprint density at radius 1 is 0.935 bits per heavy atom. The highest BCUT2D eigenvalue weighted by molar-refractivity contribution is 6.30. The first-order chi connectivity index (χ1) is 15.0. The van der Waals surface area contributed by atoms with Gasteiger partial charge in [0.1, 0.15) is 6.61 Å². The Bertz CT molecular complexity index is 1070. The Labute approximate surface area is 185 Å². The third-order valence-electron chi connectivity index (χ3n) is 5.69. The molecule has 6 heteroatoms. The Balaban J connectivity index is 1.49. The fraction of sp³-hybridized carbons (Fsp3) is 0.200. The average molecular weight is 436 g/mol. The van der Waals surface area contributed by atoms with E-state index >= 15 is 0 Å². The second-order valence-electron chi connectivity index (χ2n) is 7.67. The van der Waals surface area contributed by atoms with Crippen molar-refractivity contribution in [2.24, 2.45) is 11.7 Å². The third-order valence-corrected chi connectivity index (χ3v) is 5.94. The summed E-state index contributed by atoms with van der Waals surface area (Å²) in [6, 6.07) is 21.9. The van der Waals surface area contributed by atoms with Crippen molar-refractivity contribution in [1.29, 1.82) is 0 Å². The van der Waals surface area contributed by atoms with Crippen molar-refractivity contribution >= 4 is 23.5 Å². The van der Waals surface area contributed by atoms with E-state index in [9.17, 15) is 14.7 Å². The molecule has 3 N–H and O–H groups in total. The van der Waals surface area contributed by atoms with Gasteiger partial charge in [0.05, 0.1) is 0 Å². The molecule has 0 fully saturated rings. The van der Waals surface area contributed by atoms with Crippen LogP contribution in [0, 0.1) is 5.92 Å². The van der Waals surface area contributed by atoms with E-state index < -0.39 is 23.9 Å². The van der Waals surface area contributed by atoms with E-state index in [2.05, 4.69) is 0 Å². The topological polar surface area (TPSA) is 89.6 Å². The molecule has 0 heterocycles. The lowest BCUT2D eigenvalue weighted by molar-refractivity contribution is -0.159. The van der Waals surface area contributed by atoms with Crippen LogP contribution in [0.15, 0.2) is 72.8 Å². The van der Waals surface area contributed by atoms with Crippen LogP contribution < -0.4 is 5.73 Å². The number of nitrogens with two attached hydrogens (primary N) is 1. The number of rotatable bonds is 7. The fourth-order valence-electron chi connectivity index (χ4n) is 4.16. The summed E-state index contributed by atoms with van der Waals surface area (Å²) in [5.41, 5.74) is 11.3. The van der Waals surface area contributed by atoms with Crippen molar-refractivity contribution in [2.45, 2.75) is 18.4 Å². The molecule has 3 aromatic carbocycles. The number of carboxylic acids is 1. The molecular weight excluding hydrogens is 414 g/mol. The number of hydrogen-bond donors (Lipinski definition) is 2. The molecule has 0 spiro atoms. The second kappa shape index (κ2) is 8.92. The minimum Gasteiger partial charge on any atom is -0.481 e. The normalized spacial score (nSPS) is 14.4. The number of carboxylic acid groups (broad SMARTS) is 1. The third kappa shape index (κ3) is 4.33. The first-order valence-electron chi connectivity index (χ1n) is 10.0. The highest BCUT2D eigenvalue weighted by Crippen LogP contribution is 2.44. The van der Waals surface area contributed by atoms with E-state index in [-0.39, 0.29) is 18.9 Å². The van der Waals surface area contributed by atoms with Crippen LogP contribution in [0.5, 0.6) is 0 Å². The first-order valence-corrected chi connectivity index (χ1v) is 10.4. The van der Waals surface area contributed by atoms with Crippen molar-refractivity contribution in [3.63, 3.8) is 0 Å². The summed E-state index contributed by atoms with van der Waals surface area (Å²) in [6.45, 7) is 0.0598. The molecule has 5 nitrogen and oxygen atoms in total. The number of fused-ring (bicyclic) bond motifs is 3. The van der Waals surface area contributed by atoms with Gasteiger partial charge in [0.15, 0.2) is 5.92 Å². The summed E-state index contributed by atoms with van der Waals surface area (Å²) in [7, 11) is 0. The summed E-state index contributed by atoms with van der Waals surface area (Å²) in [4.78, 5) is 24.6. The number of carbonyl (C=O) groups is 2. The molecule has 0 saturated carbocycles. The first kappa shape index (κ1) is 21.1. The molecule has 0 aliphatic heterocycles. The van der Waals surface area contributed by atoms with Crippen LogP contribution in [0.1, 0.15) is 22.6 Å². The van der Waals surface area contributed by atoms with Gasteiger partial charge in [0.25, 0.3) is 0 Å². The van der Waals surface area contributed by atoms with Crippen LogP contribution in [0.3, 0.4) is 0 Å². The molecule has 3 aromatic rings. The highest BCUT2D eigenvalue weighted by Gasteiger charge is 2.36. The predicted molar refractivity (Wildman–Crippen MR) is 119 cm³/mol. The molecule has 0 saturated heterocycles. The molecule has 0 bridgehead atoms. The van der Waals surface area contributed by atoms with Gasteiger partial charge in [-0.05, 0) is 46.4 Å². The van der Waals surface area contributed by atoms with Gasteiger partial charge >= 0.3 is 11.9 Å². The quantitative estimate of drug-likeness (QED) is 0.427. The predicted octanol–water partition coefficient (Wildman–Crippen LogP) is 4.27. The van der Waals surface area contributed by atoms with E-state index in [0.717, 1.165) is 27.8 Å². The van der Waals surface area contributed by atoms with E-state index in [1.54, 1.807) is 24.3 Å². The van der Waals surface area contributed by atoms with Gasteiger partial charge in [0.2, 0.25) is 0 Å². The van der Waals surface area contributed by atoms with Crippen LogP contribution in [0.2, 0.25) is 5.02 Å². The molecule has 0 aromatic heterocycles. The zero-order valence-electron chi connectivity index (χ0n) is 16.7. The minimum atomic E-state index is -1.46. The molecule has 4 rings (SSSR count). The molecule has 1 unspecified atom stereocenters. The number of esters is 1. The standard InChI is InChI=1S/C25H22ClNO4/c26-16-11-9-15(10-12-16)13-22(27)23(24(28)29)25(30)31-14-21-19-7-3-1-5-17(19)18-6-2-4-8-20(18)21/h1-12,21-23H,13-14,27H2,(H,28,29)/t22?,23-/m0/s1. The van der Waals surface area contributed by atoms with Crippen molar-refractivity contribution in [3.8, 4) is 11.1 Å². The summed E-state index contributed by atoms with van der Waals surface area (Å²) in [5, 5.41) is 10.2. The smallest absolute Gasteiger partial charge is 0.321 e. The van der Waals surface area contributed by atoms with Crippen LogP contribution >= 0.6 is 11.6 Å². The summed E-state index contributed by atoms with van der Waals surface area (Å²) in [6.07, 6.45) is 0.221. The molecule has 0 amide bonds. The maximum Gasteiger partial charge on any atom is 0.321 e. The van der Waals surface area contributed by atoms with Crippen molar-refractivity contribution < 1.29 is 19.4 Å². The molecule has 0 radical (unpaired) electrons. The fourth-order valence-corrected chi connectivity index (χ4v) is 4.29. The maximum absolute atomic E-state index is 12.7. The Kier molecular flexibility index (Phi) is 6.07. The van der Waals surface area contributed by atoms with Gasteiger partial charge in [-0.3, -0.25) is 9.59 Å². The lowest BCUT2D eigenvalue weighted by Gasteiger charge is -2.21. The lowest BCUT2D eigenvalue weighted by Crippen LogP contribution is -2.43. The summed E-state index contributed by atoms with van der Waals surface area (Å²) >= 11 is 5.89. The molecular formula is C25H22ClNO4. The lowest BCUT2D eigenvalue weighted by atomic mass is 9.94. The van der Waals surface area contributed by atoms with Crippen molar-refractivity contribution in [1.82, 2.24) is 0 Å². The van der Waals surface area contributed by atoms with E-state index in [0.29, 0.717) is 5.02 Å². The molecule has 2 atom stereocenters. The van der Waals surface area contributed by atoms with Crippen LogP contribution in [-0.2, 0) is 20.7 Å². The molecule has 31 heavy (non-hydrogen) atoms. The van der Waals surface area contributed by atoms with E-state index in [4.69, 9.17) is 22.1 Å². The zero-order valence-corrected chi connectivity index (χ0v) is 17.5. The molecule has 1 aliphatic carbocycles. The Morgan fingerprint density at radius 3 is 2.03 bits per heavy atom. The van der Waals surface area contributed by atoms with Gasteiger partial charge < -0.3 is 15.6 Å². The number of benzene rings is 3. The van der Waals surface area contributed by atoms with Gasteiger partial charge in [-0.25, -0.2) is 0 Å². The number of carbonyl (C=O) groups excluding carboxylic acids is 1. The zero-order chi connectivity index (χ0) is 22.0. The largest absolute Gasteiger partial charge is 0.481 e. The van der Waals surface area contributed by atoms with Gasteiger partial charge in [-0.15, -0.1) is 0 Å². The van der Waals surface area contributed by atoms with Crippen molar-refractivity contribution in [2.75, 3.05) is 6.61 Å². The SMILES string of the molecule is NC(Cc1ccc(Cl)cc1)[C@@H](C(=O)O)C(=O)OCC1c2ccccc2-c2ccccc21. The highest BCUT2D eigenvalue weighted by atomic mass is 35.5. The number of halogens is 1. The van der Waals surface area contributed by atoms with Crippen LogP contribution in [-0.4, -0.2) is 29.7 Å². The molecule has 1 aliphatic rings. The van der Waals surface area contributed by atoms with Gasteiger partial charge in [-0.2, -0.15) is 0 Å². The van der Waals surface area contributed by atoms with Crippen LogP contribution in [0.4, 0.5) is 0 Å². The van der Waals surface area contributed by atoms with E-state index in [1.807, 2.05) is 48.5 Å². The molecule has 158 valence electrons. The Morgan fingerprint density at radius 2 is 1.48 bits per heavy atom. The summed E-state index contributed by atoms with van der Waals surface area (Å²) in [5.74, 6) is -3.71. The monoisotopic (exact) mass is 435 g/mol. The van der Waals surface area contributed by atoms with E-state index in [1.165, 1.54) is 0 Å². The minimum absolute atomic E-state index is 0.0598. The average Bonchev–Trinajstić information content (AvgIpc) is 3.07. The second-order valence-corrected chi connectivity index (χ2v) is 8.10. The van der Waals surface area contributed by atoms with Gasteiger partial charge in [-0.1, -0.05) is 72.3 Å². The Hall–Kier alpha value is -3.15. The maximum atomic E-state index is 12.7. The van der Waals surface area contributed by atoms with Crippen molar-refractivity contribution in [3.05, 3.63) is 94.5 Å². The number of aliphatic carboxylic acids is 1. The number of ether oxygens (including phenoxy) is 1. The number of hydrogen-bond acceptors (Lipinski definition) is 4.